The Labute approximate surface area is 102 Å². The van der Waals surface area contributed by atoms with E-state index >= 15 is 0 Å². The molecule has 4 nitrogen and oxygen atoms in total. The fourth-order valence-corrected chi connectivity index (χ4v) is 1.35. The van der Waals surface area contributed by atoms with Gasteiger partial charge in [0.1, 0.15) is 11.4 Å². The lowest BCUT2D eigenvalue weighted by atomic mass is 10.1. The van der Waals surface area contributed by atoms with Crippen LogP contribution in [0.25, 0.3) is 0 Å². The largest absolute Gasteiger partial charge is 0.495 e. The first-order chi connectivity index (χ1) is 7.88. The first-order valence-electron chi connectivity index (χ1n) is 5.59. The van der Waals surface area contributed by atoms with E-state index in [0.29, 0.717) is 11.4 Å². The molecule has 0 aliphatic carbocycles. The van der Waals surface area contributed by atoms with Crippen molar-refractivity contribution in [2.45, 2.75) is 32.8 Å². The van der Waals surface area contributed by atoms with Gasteiger partial charge in [-0.15, -0.1) is 0 Å². The number of carbonyl (C=O) groups excluding carboxylic acids is 1. The number of nitrogens with one attached hydrogen (secondary N) is 1. The van der Waals surface area contributed by atoms with Crippen LogP contribution in [0.15, 0.2) is 18.2 Å². The SMILES string of the molecule is CCc1ccc(OC)c(NC(=O)C(C)(C)O)c1. The number of rotatable bonds is 4. The molecule has 0 aliphatic heterocycles. The third kappa shape index (κ3) is 3.46. The van der Waals surface area contributed by atoms with Crippen molar-refractivity contribution in [1.29, 1.82) is 0 Å². The second-order valence-electron chi connectivity index (χ2n) is 4.40. The number of amides is 1. The zero-order valence-electron chi connectivity index (χ0n) is 10.7. The van der Waals surface area contributed by atoms with Crippen LogP contribution in [0, 0.1) is 0 Å². The molecule has 0 atom stereocenters. The van der Waals surface area contributed by atoms with Gasteiger partial charge in [0.2, 0.25) is 0 Å². The van der Waals surface area contributed by atoms with Crippen molar-refractivity contribution in [3.05, 3.63) is 23.8 Å². The number of hydrogen-bond acceptors (Lipinski definition) is 3. The van der Waals surface area contributed by atoms with E-state index in [9.17, 15) is 9.90 Å². The molecule has 17 heavy (non-hydrogen) atoms. The summed E-state index contributed by atoms with van der Waals surface area (Å²) in [7, 11) is 1.54. The van der Waals surface area contributed by atoms with Gasteiger partial charge in [-0.3, -0.25) is 4.79 Å². The summed E-state index contributed by atoms with van der Waals surface area (Å²) < 4.78 is 5.16. The lowest BCUT2D eigenvalue weighted by Gasteiger charge is -2.18. The highest BCUT2D eigenvalue weighted by Gasteiger charge is 2.24. The number of carbonyl (C=O) groups is 1. The van der Waals surface area contributed by atoms with Gasteiger partial charge in [-0.05, 0) is 38.0 Å². The molecular weight excluding hydrogens is 218 g/mol. The van der Waals surface area contributed by atoms with E-state index in [2.05, 4.69) is 5.32 Å². The van der Waals surface area contributed by atoms with E-state index in [4.69, 9.17) is 4.74 Å². The summed E-state index contributed by atoms with van der Waals surface area (Å²) in [6.07, 6.45) is 0.870. The second kappa shape index (κ2) is 5.19. The summed E-state index contributed by atoms with van der Waals surface area (Å²) >= 11 is 0. The molecule has 0 fully saturated rings. The number of aliphatic hydroxyl groups is 1. The zero-order chi connectivity index (χ0) is 13.1. The predicted octanol–water partition coefficient (Wildman–Crippen LogP) is 1.97. The van der Waals surface area contributed by atoms with E-state index < -0.39 is 11.5 Å². The molecule has 1 aromatic rings. The summed E-state index contributed by atoms with van der Waals surface area (Å²) in [5.74, 6) is 0.129. The molecule has 0 heterocycles. The van der Waals surface area contributed by atoms with Crippen LogP contribution >= 0.6 is 0 Å². The minimum Gasteiger partial charge on any atom is -0.495 e. The molecule has 0 spiro atoms. The van der Waals surface area contributed by atoms with Crippen molar-refractivity contribution in [3.63, 3.8) is 0 Å². The van der Waals surface area contributed by atoms with Gasteiger partial charge in [0.15, 0.2) is 0 Å². The maximum Gasteiger partial charge on any atom is 0.255 e. The monoisotopic (exact) mass is 237 g/mol. The van der Waals surface area contributed by atoms with Crippen molar-refractivity contribution in [2.24, 2.45) is 0 Å². The molecule has 0 aliphatic rings. The molecule has 1 rings (SSSR count). The Kier molecular flexibility index (Phi) is 4.12. The number of aryl methyl sites for hydroxylation is 1. The Morgan fingerprint density at radius 1 is 1.47 bits per heavy atom. The molecule has 94 valence electrons. The van der Waals surface area contributed by atoms with Crippen molar-refractivity contribution in [3.8, 4) is 5.75 Å². The van der Waals surface area contributed by atoms with Crippen LogP contribution in [0.3, 0.4) is 0 Å². The van der Waals surface area contributed by atoms with Gasteiger partial charge in [0.05, 0.1) is 12.8 Å². The number of anilines is 1. The highest BCUT2D eigenvalue weighted by Crippen LogP contribution is 2.26. The highest BCUT2D eigenvalue weighted by atomic mass is 16.5. The van der Waals surface area contributed by atoms with Gasteiger partial charge in [-0.25, -0.2) is 0 Å². The molecule has 4 heteroatoms. The van der Waals surface area contributed by atoms with Crippen LogP contribution in [0.1, 0.15) is 26.3 Å². The third-order valence-corrected chi connectivity index (χ3v) is 2.48. The average Bonchev–Trinajstić information content (AvgIpc) is 2.27. The molecular formula is C13H19NO3. The molecule has 0 saturated heterocycles. The number of ether oxygens (including phenoxy) is 1. The van der Waals surface area contributed by atoms with Gasteiger partial charge in [-0.2, -0.15) is 0 Å². The summed E-state index contributed by atoms with van der Waals surface area (Å²) in [5, 5.41) is 12.2. The maximum absolute atomic E-state index is 11.7. The third-order valence-electron chi connectivity index (χ3n) is 2.48. The van der Waals surface area contributed by atoms with Crippen LogP contribution in [-0.4, -0.2) is 23.7 Å². The first-order valence-corrected chi connectivity index (χ1v) is 5.59. The second-order valence-corrected chi connectivity index (χ2v) is 4.40. The number of methoxy groups -OCH3 is 1. The minimum absolute atomic E-state index is 0.455. The van der Waals surface area contributed by atoms with Crippen molar-refractivity contribution in [2.75, 3.05) is 12.4 Å². The van der Waals surface area contributed by atoms with Gasteiger partial charge < -0.3 is 15.2 Å². The Bertz CT molecular complexity index is 408. The van der Waals surface area contributed by atoms with E-state index in [1.807, 2.05) is 19.1 Å². The van der Waals surface area contributed by atoms with Crippen LogP contribution in [-0.2, 0) is 11.2 Å². The van der Waals surface area contributed by atoms with Gasteiger partial charge in [0, 0.05) is 0 Å². The van der Waals surface area contributed by atoms with Crippen molar-refractivity contribution < 1.29 is 14.6 Å². The van der Waals surface area contributed by atoms with Crippen LogP contribution < -0.4 is 10.1 Å². The minimum atomic E-state index is -1.41. The van der Waals surface area contributed by atoms with Crippen LogP contribution in [0.2, 0.25) is 0 Å². The molecule has 0 bridgehead atoms. The number of hydrogen-bond donors (Lipinski definition) is 2. The summed E-state index contributed by atoms with van der Waals surface area (Å²) in [6, 6.07) is 5.60. The Morgan fingerprint density at radius 2 is 2.12 bits per heavy atom. The fourth-order valence-electron chi connectivity index (χ4n) is 1.35. The molecule has 1 amide bonds. The van der Waals surface area contributed by atoms with Crippen molar-refractivity contribution >= 4 is 11.6 Å². The van der Waals surface area contributed by atoms with Crippen molar-refractivity contribution in [1.82, 2.24) is 0 Å². The van der Waals surface area contributed by atoms with Crippen LogP contribution in [0.4, 0.5) is 5.69 Å². The van der Waals surface area contributed by atoms with Crippen LogP contribution in [0.5, 0.6) is 5.75 Å². The Hall–Kier alpha value is -1.55. The predicted molar refractivity (Wildman–Crippen MR) is 67.3 cm³/mol. The topological polar surface area (TPSA) is 58.6 Å². The lowest BCUT2D eigenvalue weighted by Crippen LogP contribution is -2.36. The van der Waals surface area contributed by atoms with E-state index in [-0.39, 0.29) is 0 Å². The van der Waals surface area contributed by atoms with Gasteiger partial charge >= 0.3 is 0 Å². The maximum atomic E-state index is 11.7. The molecule has 0 saturated carbocycles. The Balaban J connectivity index is 2.99. The molecule has 0 aromatic heterocycles. The molecule has 0 radical (unpaired) electrons. The zero-order valence-corrected chi connectivity index (χ0v) is 10.7. The number of benzene rings is 1. The average molecular weight is 237 g/mol. The van der Waals surface area contributed by atoms with Gasteiger partial charge in [0.25, 0.3) is 5.91 Å². The molecule has 0 unspecified atom stereocenters. The highest BCUT2D eigenvalue weighted by molar-refractivity contribution is 5.97. The Morgan fingerprint density at radius 3 is 2.59 bits per heavy atom. The normalized spacial score (nSPS) is 11.1. The summed E-state index contributed by atoms with van der Waals surface area (Å²) in [4.78, 5) is 11.7. The summed E-state index contributed by atoms with van der Waals surface area (Å²) in [5.41, 5.74) is 0.267. The lowest BCUT2D eigenvalue weighted by molar-refractivity contribution is -0.130. The van der Waals surface area contributed by atoms with E-state index in [1.165, 1.54) is 13.8 Å². The van der Waals surface area contributed by atoms with E-state index in [0.717, 1.165) is 12.0 Å². The molecule has 2 N–H and O–H groups in total. The van der Waals surface area contributed by atoms with Gasteiger partial charge in [-0.1, -0.05) is 13.0 Å². The fraction of sp³-hybridized carbons (Fsp3) is 0.462. The molecule has 1 aromatic carbocycles. The first kappa shape index (κ1) is 13.5. The standard InChI is InChI=1S/C13H19NO3/c1-5-9-6-7-11(17-4)10(8-9)14-12(15)13(2,3)16/h6-8,16H,5H2,1-4H3,(H,14,15). The smallest absolute Gasteiger partial charge is 0.255 e. The summed E-state index contributed by atoms with van der Waals surface area (Å²) in [6.45, 7) is 4.92. The van der Waals surface area contributed by atoms with E-state index in [1.54, 1.807) is 13.2 Å². The quantitative estimate of drug-likeness (QED) is 0.841.